The number of aromatic nitrogens is 3. The molecular formula is C14H13N5O2. The lowest BCUT2D eigenvalue weighted by Crippen LogP contribution is -2.07. The fraction of sp³-hybridized carbons (Fsp3) is 0.143. The summed E-state index contributed by atoms with van der Waals surface area (Å²) in [6, 6.07) is 10.8. The van der Waals surface area contributed by atoms with Crippen molar-refractivity contribution in [1.82, 2.24) is 14.6 Å². The van der Waals surface area contributed by atoms with Gasteiger partial charge in [0.15, 0.2) is 11.5 Å². The molecule has 0 bridgehead atoms. The predicted octanol–water partition coefficient (Wildman–Crippen LogP) is 2.37. The first-order valence-corrected chi connectivity index (χ1v) is 6.33. The van der Waals surface area contributed by atoms with Crippen LogP contribution >= 0.6 is 0 Å². The Balaban J connectivity index is 2.02. The molecule has 0 spiro atoms. The summed E-state index contributed by atoms with van der Waals surface area (Å²) < 4.78 is 1.42. The van der Waals surface area contributed by atoms with Crippen LogP contribution in [0.5, 0.6) is 0 Å². The quantitative estimate of drug-likeness (QED) is 0.545. The number of pyridine rings is 1. The molecule has 7 heteroatoms. The smallest absolute Gasteiger partial charge is 0.287 e. The van der Waals surface area contributed by atoms with Gasteiger partial charge in [0.1, 0.15) is 6.20 Å². The number of nitrogens with zero attached hydrogens (tertiary/aromatic N) is 5. The van der Waals surface area contributed by atoms with Crippen LogP contribution in [0.15, 0.2) is 42.6 Å². The third kappa shape index (κ3) is 2.40. The van der Waals surface area contributed by atoms with Gasteiger partial charge in [-0.1, -0.05) is 0 Å². The summed E-state index contributed by atoms with van der Waals surface area (Å²) in [6.45, 7) is 0. The second-order valence-corrected chi connectivity index (χ2v) is 4.82. The van der Waals surface area contributed by atoms with Crippen molar-refractivity contribution in [2.24, 2.45) is 0 Å². The van der Waals surface area contributed by atoms with E-state index in [1.807, 2.05) is 43.3 Å². The Labute approximate surface area is 120 Å². The highest BCUT2D eigenvalue weighted by Crippen LogP contribution is 2.21. The molecule has 1 aromatic carbocycles. The summed E-state index contributed by atoms with van der Waals surface area (Å²) in [4.78, 5) is 16.7. The van der Waals surface area contributed by atoms with E-state index in [0.29, 0.717) is 11.5 Å². The van der Waals surface area contributed by atoms with Crippen LogP contribution in [0, 0.1) is 10.1 Å². The minimum absolute atomic E-state index is 0.0121. The maximum Gasteiger partial charge on any atom is 0.287 e. The molecule has 2 heterocycles. The molecule has 0 unspecified atom stereocenters. The van der Waals surface area contributed by atoms with Crippen LogP contribution in [-0.4, -0.2) is 33.6 Å². The molecule has 106 valence electrons. The molecule has 3 rings (SSSR count). The van der Waals surface area contributed by atoms with Crippen LogP contribution < -0.4 is 4.90 Å². The lowest BCUT2D eigenvalue weighted by atomic mass is 10.2. The molecular weight excluding hydrogens is 270 g/mol. The summed E-state index contributed by atoms with van der Waals surface area (Å²) in [7, 11) is 3.94. The number of nitro groups is 1. The predicted molar refractivity (Wildman–Crippen MR) is 79.4 cm³/mol. The van der Waals surface area contributed by atoms with E-state index in [0.717, 1.165) is 11.3 Å². The summed E-state index contributed by atoms with van der Waals surface area (Å²) >= 11 is 0. The Morgan fingerprint density at radius 1 is 1.14 bits per heavy atom. The van der Waals surface area contributed by atoms with Crippen LogP contribution in [-0.2, 0) is 0 Å². The number of fused-ring (bicyclic) bond motifs is 1. The highest BCUT2D eigenvalue weighted by molar-refractivity contribution is 5.62. The number of hydrogen-bond donors (Lipinski definition) is 0. The van der Waals surface area contributed by atoms with Crippen molar-refractivity contribution < 1.29 is 4.92 Å². The zero-order valence-corrected chi connectivity index (χ0v) is 11.6. The molecule has 3 aromatic rings. The van der Waals surface area contributed by atoms with E-state index in [4.69, 9.17) is 0 Å². The molecule has 0 fully saturated rings. The third-order valence-corrected chi connectivity index (χ3v) is 3.17. The first-order chi connectivity index (χ1) is 10.0. The van der Waals surface area contributed by atoms with Crippen LogP contribution in [0.4, 0.5) is 11.4 Å². The van der Waals surface area contributed by atoms with Gasteiger partial charge in [-0.2, -0.15) is 0 Å². The van der Waals surface area contributed by atoms with E-state index in [1.165, 1.54) is 16.8 Å². The molecule has 0 atom stereocenters. The van der Waals surface area contributed by atoms with Crippen LogP contribution in [0.1, 0.15) is 0 Å². The Hall–Kier alpha value is -2.96. The minimum atomic E-state index is -0.452. The average Bonchev–Trinajstić information content (AvgIpc) is 2.90. The fourth-order valence-corrected chi connectivity index (χ4v) is 2.01. The SMILES string of the molecule is CN(C)c1ccc(-c2nc3ccc([N+](=O)[O-])cn3n2)cc1. The molecule has 0 amide bonds. The Morgan fingerprint density at radius 2 is 1.86 bits per heavy atom. The van der Waals surface area contributed by atoms with Crippen LogP contribution in [0.25, 0.3) is 17.0 Å². The average molecular weight is 283 g/mol. The van der Waals surface area contributed by atoms with Crippen molar-refractivity contribution in [3.8, 4) is 11.4 Å². The fourth-order valence-electron chi connectivity index (χ4n) is 2.01. The zero-order chi connectivity index (χ0) is 15.0. The minimum Gasteiger partial charge on any atom is -0.378 e. The molecule has 0 N–H and O–H groups in total. The Bertz CT molecular complexity index is 808. The molecule has 21 heavy (non-hydrogen) atoms. The highest BCUT2D eigenvalue weighted by Gasteiger charge is 2.11. The van der Waals surface area contributed by atoms with Crippen LogP contribution in [0.2, 0.25) is 0 Å². The largest absolute Gasteiger partial charge is 0.378 e. The zero-order valence-electron chi connectivity index (χ0n) is 11.6. The first kappa shape index (κ1) is 13.0. The number of benzene rings is 1. The lowest BCUT2D eigenvalue weighted by Gasteiger charge is -2.11. The van der Waals surface area contributed by atoms with E-state index >= 15 is 0 Å². The maximum absolute atomic E-state index is 10.8. The van der Waals surface area contributed by atoms with E-state index < -0.39 is 4.92 Å². The van der Waals surface area contributed by atoms with Crippen molar-refractivity contribution in [2.75, 3.05) is 19.0 Å². The summed E-state index contributed by atoms with van der Waals surface area (Å²) in [6.07, 6.45) is 1.36. The van der Waals surface area contributed by atoms with Gasteiger partial charge < -0.3 is 4.90 Å². The first-order valence-electron chi connectivity index (χ1n) is 6.33. The van der Waals surface area contributed by atoms with Gasteiger partial charge >= 0.3 is 0 Å². The standard InChI is InChI=1S/C14H13N5O2/c1-17(2)11-5-3-10(4-6-11)14-15-13-8-7-12(19(20)21)9-18(13)16-14/h3-9H,1-2H3. The number of anilines is 1. The van der Waals surface area contributed by atoms with Crippen molar-refractivity contribution in [3.63, 3.8) is 0 Å². The molecule has 2 aromatic heterocycles. The van der Waals surface area contributed by atoms with Gasteiger partial charge in [0, 0.05) is 31.4 Å². The molecule has 7 nitrogen and oxygen atoms in total. The number of hydrogen-bond acceptors (Lipinski definition) is 5. The van der Waals surface area contributed by atoms with E-state index in [1.54, 1.807) is 6.07 Å². The Morgan fingerprint density at radius 3 is 2.48 bits per heavy atom. The Kier molecular flexibility index (Phi) is 3.02. The lowest BCUT2D eigenvalue weighted by molar-refractivity contribution is -0.385. The molecule has 0 aliphatic heterocycles. The third-order valence-electron chi connectivity index (χ3n) is 3.17. The van der Waals surface area contributed by atoms with Gasteiger partial charge in [-0.15, -0.1) is 5.10 Å². The van der Waals surface area contributed by atoms with Gasteiger partial charge in [-0.25, -0.2) is 9.50 Å². The normalized spacial score (nSPS) is 10.8. The van der Waals surface area contributed by atoms with Gasteiger partial charge in [-0.05, 0) is 30.3 Å². The van der Waals surface area contributed by atoms with E-state index in [-0.39, 0.29) is 5.69 Å². The van der Waals surface area contributed by atoms with Gasteiger partial charge in [0.25, 0.3) is 5.69 Å². The second kappa shape index (κ2) is 4.86. The highest BCUT2D eigenvalue weighted by atomic mass is 16.6. The summed E-state index contributed by atoms with van der Waals surface area (Å²) in [5.41, 5.74) is 2.51. The molecule has 0 aliphatic rings. The van der Waals surface area contributed by atoms with Crippen molar-refractivity contribution >= 4 is 17.0 Å². The summed E-state index contributed by atoms with van der Waals surface area (Å²) in [5.74, 6) is 0.542. The van der Waals surface area contributed by atoms with E-state index in [2.05, 4.69) is 10.1 Å². The van der Waals surface area contributed by atoms with Crippen molar-refractivity contribution in [1.29, 1.82) is 0 Å². The molecule has 0 saturated carbocycles. The molecule has 0 saturated heterocycles. The molecule has 0 aliphatic carbocycles. The van der Waals surface area contributed by atoms with Crippen molar-refractivity contribution in [3.05, 3.63) is 52.7 Å². The maximum atomic E-state index is 10.8. The van der Waals surface area contributed by atoms with Gasteiger partial charge in [0.2, 0.25) is 0 Å². The van der Waals surface area contributed by atoms with Crippen LogP contribution in [0.3, 0.4) is 0 Å². The van der Waals surface area contributed by atoms with E-state index in [9.17, 15) is 10.1 Å². The second-order valence-electron chi connectivity index (χ2n) is 4.82. The number of rotatable bonds is 3. The molecule has 0 radical (unpaired) electrons. The van der Waals surface area contributed by atoms with Crippen molar-refractivity contribution in [2.45, 2.75) is 0 Å². The summed E-state index contributed by atoms with van der Waals surface area (Å²) in [5, 5.41) is 15.1. The topological polar surface area (TPSA) is 76.6 Å². The van der Waals surface area contributed by atoms with Gasteiger partial charge in [0.05, 0.1) is 4.92 Å². The monoisotopic (exact) mass is 283 g/mol. The van der Waals surface area contributed by atoms with Gasteiger partial charge in [-0.3, -0.25) is 10.1 Å².